The summed E-state index contributed by atoms with van der Waals surface area (Å²) in [6.45, 7) is 11.4. The summed E-state index contributed by atoms with van der Waals surface area (Å²) in [6.07, 6.45) is 1.85. The second-order valence-corrected chi connectivity index (χ2v) is 3.11. The van der Waals surface area contributed by atoms with Crippen LogP contribution in [0.25, 0.3) is 0 Å². The van der Waals surface area contributed by atoms with E-state index >= 15 is 0 Å². The molecule has 0 atom stereocenters. The van der Waals surface area contributed by atoms with Crippen molar-refractivity contribution in [3.63, 3.8) is 0 Å². The summed E-state index contributed by atoms with van der Waals surface area (Å²) in [5, 5.41) is 0. The molecule has 0 aliphatic carbocycles. The third-order valence-electron chi connectivity index (χ3n) is 1.70. The summed E-state index contributed by atoms with van der Waals surface area (Å²) in [5.41, 5.74) is 1.79. The van der Waals surface area contributed by atoms with E-state index < -0.39 is 0 Å². The van der Waals surface area contributed by atoms with Gasteiger partial charge in [0.1, 0.15) is 0 Å². The first kappa shape index (κ1) is 10.2. The second kappa shape index (κ2) is 4.12. The van der Waals surface area contributed by atoms with E-state index in [4.69, 9.17) is 0 Å². The molecule has 0 bridgehead atoms. The molecule has 0 saturated heterocycles. The molecule has 0 saturated carbocycles. The van der Waals surface area contributed by atoms with Crippen LogP contribution in [-0.2, 0) is 4.79 Å². The van der Waals surface area contributed by atoms with Gasteiger partial charge in [0.05, 0.1) is 0 Å². The van der Waals surface area contributed by atoms with E-state index in [-0.39, 0.29) is 5.78 Å². The fraction of sp³-hybridized carbons (Fsp3) is 0.500. The van der Waals surface area contributed by atoms with Crippen molar-refractivity contribution >= 4 is 5.78 Å². The Kier molecular flexibility index (Phi) is 3.80. The fourth-order valence-electron chi connectivity index (χ4n) is 0.546. The molecule has 0 aliphatic heterocycles. The molecule has 0 rings (SSSR count). The molecule has 0 heterocycles. The van der Waals surface area contributed by atoms with Gasteiger partial charge >= 0.3 is 0 Å². The molecule has 0 radical (unpaired) electrons. The fourth-order valence-corrected chi connectivity index (χ4v) is 0.546. The minimum Gasteiger partial charge on any atom is -0.295 e. The Balaban J connectivity index is 4.32. The first-order chi connectivity index (χ1) is 4.95. The van der Waals surface area contributed by atoms with Crippen molar-refractivity contribution in [2.75, 3.05) is 0 Å². The van der Waals surface area contributed by atoms with Crippen molar-refractivity contribution in [3.05, 3.63) is 23.8 Å². The maximum atomic E-state index is 10.8. The topological polar surface area (TPSA) is 17.1 Å². The van der Waals surface area contributed by atoms with Crippen LogP contribution >= 0.6 is 0 Å². The number of rotatable bonds is 3. The van der Waals surface area contributed by atoms with Gasteiger partial charge in [-0.3, -0.25) is 4.79 Å². The third kappa shape index (κ3) is 3.76. The molecule has 0 fully saturated rings. The van der Waals surface area contributed by atoms with Gasteiger partial charge in [-0.15, -0.1) is 0 Å². The van der Waals surface area contributed by atoms with Gasteiger partial charge in [0, 0.05) is 0 Å². The Hall–Kier alpha value is -0.850. The lowest BCUT2D eigenvalue weighted by atomic mass is 10.0. The highest BCUT2D eigenvalue weighted by Gasteiger charge is 1.99. The van der Waals surface area contributed by atoms with Crippen molar-refractivity contribution in [2.24, 2.45) is 5.92 Å². The highest BCUT2D eigenvalue weighted by atomic mass is 16.1. The van der Waals surface area contributed by atoms with Crippen LogP contribution in [0.5, 0.6) is 0 Å². The zero-order chi connectivity index (χ0) is 9.02. The summed E-state index contributed by atoms with van der Waals surface area (Å²) >= 11 is 0. The summed E-state index contributed by atoms with van der Waals surface area (Å²) in [4.78, 5) is 10.8. The maximum absolute atomic E-state index is 10.8. The Labute approximate surface area is 68.8 Å². The molecule has 0 aliphatic rings. The van der Waals surface area contributed by atoms with Crippen molar-refractivity contribution in [3.8, 4) is 0 Å². The van der Waals surface area contributed by atoms with Crippen LogP contribution in [0.1, 0.15) is 27.7 Å². The van der Waals surface area contributed by atoms with Crippen molar-refractivity contribution < 1.29 is 4.79 Å². The Morgan fingerprint density at radius 3 is 2.09 bits per heavy atom. The van der Waals surface area contributed by atoms with Crippen LogP contribution in [0, 0.1) is 5.92 Å². The van der Waals surface area contributed by atoms with Gasteiger partial charge in [-0.2, -0.15) is 0 Å². The molecular weight excluding hydrogens is 136 g/mol. The predicted octanol–water partition coefficient (Wildman–Crippen LogP) is 2.73. The van der Waals surface area contributed by atoms with Crippen molar-refractivity contribution in [1.29, 1.82) is 0 Å². The van der Waals surface area contributed by atoms with E-state index in [0.29, 0.717) is 5.92 Å². The summed E-state index contributed by atoms with van der Waals surface area (Å²) in [6, 6.07) is 0. The molecule has 0 amide bonds. The highest BCUT2D eigenvalue weighted by Crippen LogP contribution is 2.10. The minimum absolute atomic E-state index is 0.117. The zero-order valence-corrected chi connectivity index (χ0v) is 7.77. The number of carbonyl (C=O) groups excluding carboxylic acids is 1. The van der Waals surface area contributed by atoms with E-state index in [0.717, 1.165) is 11.1 Å². The van der Waals surface area contributed by atoms with Crippen molar-refractivity contribution in [2.45, 2.75) is 27.7 Å². The number of ketones is 1. The minimum atomic E-state index is 0.117. The number of carbonyl (C=O) groups is 1. The Bertz CT molecular complexity index is 197. The number of hydrogen-bond donors (Lipinski definition) is 0. The zero-order valence-electron chi connectivity index (χ0n) is 7.77. The average molecular weight is 152 g/mol. The quantitative estimate of drug-likeness (QED) is 0.449. The van der Waals surface area contributed by atoms with Crippen molar-refractivity contribution in [1.82, 2.24) is 0 Å². The van der Waals surface area contributed by atoms with E-state index in [2.05, 4.69) is 20.4 Å². The first-order valence-corrected chi connectivity index (χ1v) is 3.83. The van der Waals surface area contributed by atoms with Gasteiger partial charge in [-0.05, 0) is 25.3 Å². The normalized spacial score (nSPS) is 11.9. The highest BCUT2D eigenvalue weighted by molar-refractivity contribution is 5.93. The van der Waals surface area contributed by atoms with E-state index in [9.17, 15) is 4.79 Å². The molecule has 0 unspecified atom stereocenters. The standard InChI is InChI=1S/C10H16O/c1-7(2)8(3)6-9(4)10(5)11/h6-7H,3H2,1-2,4-5H3/b9-6+. The number of hydrogen-bond acceptors (Lipinski definition) is 1. The molecule has 1 heteroatoms. The van der Waals surface area contributed by atoms with Gasteiger partial charge < -0.3 is 0 Å². The largest absolute Gasteiger partial charge is 0.295 e. The summed E-state index contributed by atoms with van der Waals surface area (Å²) < 4.78 is 0. The molecule has 11 heavy (non-hydrogen) atoms. The van der Waals surface area contributed by atoms with Gasteiger partial charge in [-0.25, -0.2) is 0 Å². The number of Topliss-reactive ketones (excluding diaryl/α,β-unsaturated/α-hetero) is 1. The van der Waals surface area contributed by atoms with Crippen LogP contribution in [0.15, 0.2) is 23.8 Å². The van der Waals surface area contributed by atoms with E-state index in [1.807, 2.05) is 13.0 Å². The number of allylic oxidation sites excluding steroid dienone is 3. The third-order valence-corrected chi connectivity index (χ3v) is 1.70. The Morgan fingerprint density at radius 2 is 1.82 bits per heavy atom. The molecular formula is C10H16O. The molecule has 1 nitrogen and oxygen atoms in total. The summed E-state index contributed by atoms with van der Waals surface area (Å²) in [5.74, 6) is 0.538. The summed E-state index contributed by atoms with van der Waals surface area (Å²) in [7, 11) is 0. The predicted molar refractivity (Wildman–Crippen MR) is 48.4 cm³/mol. The molecule has 0 aromatic heterocycles. The van der Waals surface area contributed by atoms with E-state index in [1.165, 1.54) is 0 Å². The lowest BCUT2D eigenvalue weighted by Crippen LogP contribution is -1.95. The average Bonchev–Trinajstić information content (AvgIpc) is 1.87. The second-order valence-electron chi connectivity index (χ2n) is 3.11. The van der Waals surface area contributed by atoms with Crippen LogP contribution in [0.4, 0.5) is 0 Å². The van der Waals surface area contributed by atoms with Crippen LogP contribution in [-0.4, -0.2) is 5.78 Å². The molecule has 0 spiro atoms. The lowest BCUT2D eigenvalue weighted by molar-refractivity contribution is -0.113. The Morgan fingerprint density at radius 1 is 1.36 bits per heavy atom. The SMILES string of the molecule is C=C(/C=C(\C)C(C)=O)C(C)C. The van der Waals surface area contributed by atoms with Gasteiger partial charge in [0.2, 0.25) is 0 Å². The van der Waals surface area contributed by atoms with Crippen LogP contribution < -0.4 is 0 Å². The molecule has 62 valence electrons. The van der Waals surface area contributed by atoms with Gasteiger partial charge in [0.15, 0.2) is 5.78 Å². The molecule has 0 aromatic carbocycles. The smallest absolute Gasteiger partial charge is 0.155 e. The monoisotopic (exact) mass is 152 g/mol. The maximum Gasteiger partial charge on any atom is 0.155 e. The van der Waals surface area contributed by atoms with Gasteiger partial charge in [0.25, 0.3) is 0 Å². The lowest BCUT2D eigenvalue weighted by Gasteiger charge is -2.03. The van der Waals surface area contributed by atoms with Crippen LogP contribution in [0.3, 0.4) is 0 Å². The molecule has 0 aromatic rings. The van der Waals surface area contributed by atoms with E-state index in [1.54, 1.807) is 6.92 Å². The molecule has 0 N–H and O–H groups in total. The van der Waals surface area contributed by atoms with Gasteiger partial charge in [-0.1, -0.05) is 32.1 Å². The van der Waals surface area contributed by atoms with Crippen LogP contribution in [0.2, 0.25) is 0 Å². The first-order valence-electron chi connectivity index (χ1n) is 3.83.